The molecule has 0 bridgehead atoms. The molecule has 0 spiro atoms. The molecule has 0 aromatic heterocycles. The van der Waals surface area contributed by atoms with Gasteiger partial charge in [-0.15, -0.1) is 0 Å². The Morgan fingerprint density at radius 3 is 2.94 bits per heavy atom. The second kappa shape index (κ2) is 4.29. The number of benzene rings is 1. The van der Waals surface area contributed by atoms with Gasteiger partial charge in [-0.3, -0.25) is 4.79 Å². The van der Waals surface area contributed by atoms with Crippen LogP contribution in [0.2, 0.25) is 0 Å². The van der Waals surface area contributed by atoms with Gasteiger partial charge in [-0.05, 0) is 0 Å². The molecule has 0 amide bonds. The Morgan fingerprint density at radius 1 is 1.59 bits per heavy atom. The quantitative estimate of drug-likeness (QED) is 0.841. The molecule has 92 valence electrons. The summed E-state index contributed by atoms with van der Waals surface area (Å²) in [6, 6.07) is -0.138. The van der Waals surface area contributed by atoms with Crippen molar-refractivity contribution in [1.82, 2.24) is 0 Å². The SMILES string of the molecule is NC(CC(=O)O)c1c(F)cc2c(c1F)CCO2. The molecule has 6 heteroatoms. The van der Waals surface area contributed by atoms with Gasteiger partial charge in [-0.1, -0.05) is 0 Å². The summed E-state index contributed by atoms with van der Waals surface area (Å²) in [5.41, 5.74) is 5.38. The molecule has 1 aliphatic heterocycles. The standard InChI is InChI=1S/C11H11F2NO3/c12-6-3-8-5(1-2-17-8)11(13)10(6)7(14)4-9(15)16/h3,7H,1-2,4,14H2,(H,15,16). The molecule has 0 saturated heterocycles. The molecule has 0 fully saturated rings. The van der Waals surface area contributed by atoms with Crippen LogP contribution in [0.3, 0.4) is 0 Å². The molecule has 4 nitrogen and oxygen atoms in total. The van der Waals surface area contributed by atoms with Crippen LogP contribution in [0.5, 0.6) is 5.75 Å². The number of rotatable bonds is 3. The first-order chi connectivity index (χ1) is 8.00. The van der Waals surface area contributed by atoms with E-state index < -0.39 is 30.1 Å². The van der Waals surface area contributed by atoms with Crippen molar-refractivity contribution < 1.29 is 23.4 Å². The van der Waals surface area contributed by atoms with Crippen molar-refractivity contribution in [3.63, 3.8) is 0 Å². The molecule has 3 N–H and O–H groups in total. The minimum atomic E-state index is -1.20. The molecule has 1 heterocycles. The molecule has 0 radical (unpaired) electrons. The van der Waals surface area contributed by atoms with Crippen molar-refractivity contribution in [2.45, 2.75) is 18.9 Å². The summed E-state index contributed by atoms with van der Waals surface area (Å²) >= 11 is 0. The fraction of sp³-hybridized carbons (Fsp3) is 0.364. The zero-order valence-electron chi connectivity index (χ0n) is 8.87. The van der Waals surface area contributed by atoms with Gasteiger partial charge in [-0.2, -0.15) is 0 Å². The first-order valence-electron chi connectivity index (χ1n) is 5.11. The maximum Gasteiger partial charge on any atom is 0.305 e. The average Bonchev–Trinajstić information content (AvgIpc) is 2.64. The first-order valence-corrected chi connectivity index (χ1v) is 5.11. The number of hydrogen-bond donors (Lipinski definition) is 2. The fourth-order valence-corrected chi connectivity index (χ4v) is 1.91. The zero-order valence-corrected chi connectivity index (χ0v) is 8.87. The number of carboxylic acids is 1. The molecule has 1 atom stereocenters. The van der Waals surface area contributed by atoms with Crippen molar-refractivity contribution in [3.8, 4) is 5.75 Å². The Labute approximate surface area is 96.0 Å². The molecule has 17 heavy (non-hydrogen) atoms. The maximum absolute atomic E-state index is 13.9. The van der Waals surface area contributed by atoms with Crippen LogP contribution in [0.15, 0.2) is 6.07 Å². The van der Waals surface area contributed by atoms with E-state index in [1.165, 1.54) is 0 Å². The molecule has 1 aromatic carbocycles. The van der Waals surface area contributed by atoms with Crippen molar-refractivity contribution in [2.75, 3.05) is 6.61 Å². The lowest BCUT2D eigenvalue weighted by atomic mass is 9.99. The van der Waals surface area contributed by atoms with Gasteiger partial charge in [-0.25, -0.2) is 8.78 Å². The second-order valence-electron chi connectivity index (χ2n) is 3.87. The van der Waals surface area contributed by atoms with E-state index in [2.05, 4.69) is 0 Å². The van der Waals surface area contributed by atoms with Gasteiger partial charge in [0.2, 0.25) is 0 Å². The van der Waals surface area contributed by atoms with E-state index in [1.54, 1.807) is 0 Å². The van der Waals surface area contributed by atoms with Crippen LogP contribution in [0.4, 0.5) is 8.78 Å². The van der Waals surface area contributed by atoms with Gasteiger partial charge in [0.05, 0.1) is 13.0 Å². The van der Waals surface area contributed by atoms with Gasteiger partial charge < -0.3 is 15.6 Å². The molecular formula is C11H11F2NO3. The first kappa shape index (κ1) is 11.8. The van der Waals surface area contributed by atoms with Crippen LogP contribution in [-0.2, 0) is 11.2 Å². The number of fused-ring (bicyclic) bond motifs is 1. The number of nitrogens with two attached hydrogens (primary N) is 1. The van der Waals surface area contributed by atoms with Gasteiger partial charge in [0, 0.05) is 29.7 Å². The average molecular weight is 243 g/mol. The summed E-state index contributed by atoms with van der Waals surface area (Å²) < 4.78 is 32.6. The smallest absolute Gasteiger partial charge is 0.305 e. The minimum absolute atomic E-state index is 0.172. The third kappa shape index (κ3) is 2.08. The van der Waals surface area contributed by atoms with E-state index in [0.29, 0.717) is 13.0 Å². The van der Waals surface area contributed by atoms with E-state index in [-0.39, 0.29) is 16.9 Å². The predicted molar refractivity (Wildman–Crippen MR) is 54.7 cm³/mol. The lowest BCUT2D eigenvalue weighted by Crippen LogP contribution is -2.18. The predicted octanol–water partition coefficient (Wildman–Crippen LogP) is 1.37. The van der Waals surface area contributed by atoms with Crippen LogP contribution in [0.1, 0.15) is 23.6 Å². The molecule has 0 aliphatic carbocycles. The van der Waals surface area contributed by atoms with Gasteiger partial charge >= 0.3 is 5.97 Å². The van der Waals surface area contributed by atoms with Crippen LogP contribution < -0.4 is 10.5 Å². The van der Waals surface area contributed by atoms with Crippen LogP contribution >= 0.6 is 0 Å². The second-order valence-corrected chi connectivity index (χ2v) is 3.87. The Morgan fingerprint density at radius 2 is 2.29 bits per heavy atom. The number of aliphatic carboxylic acids is 1. The zero-order chi connectivity index (χ0) is 12.6. The monoisotopic (exact) mass is 243 g/mol. The maximum atomic E-state index is 13.9. The van der Waals surface area contributed by atoms with E-state index in [9.17, 15) is 13.6 Å². The van der Waals surface area contributed by atoms with Crippen LogP contribution in [-0.4, -0.2) is 17.7 Å². The van der Waals surface area contributed by atoms with Gasteiger partial charge in [0.15, 0.2) is 0 Å². The number of ether oxygens (including phenoxy) is 1. The Balaban J connectivity index is 2.44. The van der Waals surface area contributed by atoms with Crippen molar-refractivity contribution in [1.29, 1.82) is 0 Å². The largest absolute Gasteiger partial charge is 0.493 e. The normalized spacial score (nSPS) is 15.2. The van der Waals surface area contributed by atoms with E-state index in [0.717, 1.165) is 6.07 Å². The minimum Gasteiger partial charge on any atom is -0.493 e. The molecule has 1 aliphatic rings. The summed E-state index contributed by atoms with van der Waals surface area (Å²) in [6.07, 6.45) is -0.179. The number of carbonyl (C=O) groups is 1. The summed E-state index contributed by atoms with van der Waals surface area (Å²) in [7, 11) is 0. The Bertz CT molecular complexity index is 476. The molecule has 1 unspecified atom stereocenters. The molecular weight excluding hydrogens is 232 g/mol. The van der Waals surface area contributed by atoms with E-state index in [4.69, 9.17) is 15.6 Å². The lowest BCUT2D eigenvalue weighted by Gasteiger charge is -2.13. The molecule has 0 saturated carbocycles. The number of halogens is 2. The topological polar surface area (TPSA) is 72.6 Å². The summed E-state index contributed by atoms with van der Waals surface area (Å²) in [4.78, 5) is 10.5. The highest BCUT2D eigenvalue weighted by molar-refractivity contribution is 5.68. The summed E-state index contributed by atoms with van der Waals surface area (Å²) in [5, 5.41) is 8.57. The lowest BCUT2D eigenvalue weighted by molar-refractivity contribution is -0.137. The van der Waals surface area contributed by atoms with Gasteiger partial charge in [0.1, 0.15) is 17.4 Å². The highest BCUT2D eigenvalue weighted by Gasteiger charge is 2.27. The highest BCUT2D eigenvalue weighted by Crippen LogP contribution is 2.34. The highest BCUT2D eigenvalue weighted by atomic mass is 19.1. The summed E-state index contributed by atoms with van der Waals surface area (Å²) in [6.45, 7) is 0.295. The number of carboxylic acid groups (broad SMARTS) is 1. The van der Waals surface area contributed by atoms with Crippen molar-refractivity contribution >= 4 is 5.97 Å². The third-order valence-corrected chi connectivity index (χ3v) is 2.69. The Kier molecular flexibility index (Phi) is 2.97. The molecule has 1 aromatic rings. The Hall–Kier alpha value is -1.69. The third-order valence-electron chi connectivity index (χ3n) is 2.69. The van der Waals surface area contributed by atoms with E-state index in [1.807, 2.05) is 0 Å². The van der Waals surface area contributed by atoms with Crippen LogP contribution in [0, 0.1) is 11.6 Å². The van der Waals surface area contributed by atoms with Crippen molar-refractivity contribution in [2.24, 2.45) is 5.73 Å². The van der Waals surface area contributed by atoms with E-state index >= 15 is 0 Å². The van der Waals surface area contributed by atoms with Crippen molar-refractivity contribution in [3.05, 3.63) is 28.8 Å². The fourth-order valence-electron chi connectivity index (χ4n) is 1.91. The molecule has 2 rings (SSSR count). The van der Waals surface area contributed by atoms with Crippen LogP contribution in [0.25, 0.3) is 0 Å². The summed E-state index contributed by atoms with van der Waals surface area (Å²) in [5.74, 6) is -2.68. The van der Waals surface area contributed by atoms with Gasteiger partial charge in [0.25, 0.3) is 0 Å². The number of hydrogen-bond acceptors (Lipinski definition) is 3.